The van der Waals surface area contributed by atoms with Gasteiger partial charge < -0.3 is 10.2 Å². The Labute approximate surface area is 103 Å². The molecule has 2 rings (SSSR count). The molecule has 4 heteroatoms. The fourth-order valence-corrected chi connectivity index (χ4v) is 1.88. The van der Waals surface area contributed by atoms with E-state index in [2.05, 4.69) is 20.9 Å². The van der Waals surface area contributed by atoms with Crippen LogP contribution in [0.5, 0.6) is 0 Å². The molecule has 3 nitrogen and oxygen atoms in total. The third-order valence-corrected chi connectivity index (χ3v) is 2.65. The molecule has 0 fully saturated rings. The Balaban J connectivity index is 2.24. The van der Waals surface area contributed by atoms with Gasteiger partial charge in [-0.05, 0) is 25.1 Å². The number of benzene rings is 1. The standard InChI is InChI=1S/C12H13BrN2O/c1-8(14)5-11-7-16-12(15-11)9-3-2-4-10(13)6-9/h2-4,6-8H,5,14H2,1H3. The molecule has 0 amide bonds. The fourth-order valence-electron chi connectivity index (χ4n) is 1.48. The van der Waals surface area contributed by atoms with Crippen molar-refractivity contribution < 1.29 is 4.42 Å². The molecular weight excluding hydrogens is 268 g/mol. The maximum Gasteiger partial charge on any atom is 0.226 e. The molecule has 0 radical (unpaired) electrons. The molecule has 1 heterocycles. The summed E-state index contributed by atoms with van der Waals surface area (Å²) >= 11 is 3.42. The van der Waals surface area contributed by atoms with E-state index in [9.17, 15) is 0 Å². The van der Waals surface area contributed by atoms with Crippen LogP contribution in [0.25, 0.3) is 11.5 Å². The number of aromatic nitrogens is 1. The van der Waals surface area contributed by atoms with Gasteiger partial charge in [-0.2, -0.15) is 0 Å². The predicted molar refractivity (Wildman–Crippen MR) is 67.0 cm³/mol. The number of nitrogens with two attached hydrogens (primary N) is 1. The number of hydrogen-bond donors (Lipinski definition) is 1. The Morgan fingerprint density at radius 2 is 2.31 bits per heavy atom. The van der Waals surface area contributed by atoms with Gasteiger partial charge in [-0.15, -0.1) is 0 Å². The van der Waals surface area contributed by atoms with Crippen LogP contribution < -0.4 is 5.73 Å². The van der Waals surface area contributed by atoms with Gasteiger partial charge in [0.25, 0.3) is 0 Å². The van der Waals surface area contributed by atoms with Crippen LogP contribution >= 0.6 is 15.9 Å². The summed E-state index contributed by atoms with van der Waals surface area (Å²) in [7, 11) is 0. The summed E-state index contributed by atoms with van der Waals surface area (Å²) in [5.41, 5.74) is 7.56. The Morgan fingerprint density at radius 3 is 3.00 bits per heavy atom. The predicted octanol–water partition coefficient (Wildman–Crippen LogP) is 2.99. The molecule has 0 saturated heterocycles. The zero-order chi connectivity index (χ0) is 11.5. The average Bonchev–Trinajstić information content (AvgIpc) is 2.65. The van der Waals surface area contributed by atoms with Crippen LogP contribution in [-0.2, 0) is 6.42 Å². The molecule has 0 spiro atoms. The van der Waals surface area contributed by atoms with E-state index in [1.165, 1.54) is 0 Å². The van der Waals surface area contributed by atoms with Crippen molar-refractivity contribution in [2.24, 2.45) is 5.73 Å². The first-order valence-electron chi connectivity index (χ1n) is 5.11. The second kappa shape index (κ2) is 4.80. The molecule has 2 aromatic rings. The van der Waals surface area contributed by atoms with Gasteiger partial charge in [-0.3, -0.25) is 0 Å². The van der Waals surface area contributed by atoms with E-state index in [1.54, 1.807) is 6.26 Å². The van der Waals surface area contributed by atoms with Crippen molar-refractivity contribution in [3.05, 3.63) is 40.7 Å². The maximum absolute atomic E-state index is 5.71. The number of hydrogen-bond acceptors (Lipinski definition) is 3. The van der Waals surface area contributed by atoms with E-state index >= 15 is 0 Å². The van der Waals surface area contributed by atoms with E-state index in [4.69, 9.17) is 10.2 Å². The van der Waals surface area contributed by atoms with E-state index in [0.29, 0.717) is 5.89 Å². The fraction of sp³-hybridized carbons (Fsp3) is 0.250. The Morgan fingerprint density at radius 1 is 1.50 bits per heavy atom. The lowest BCUT2D eigenvalue weighted by Crippen LogP contribution is -2.17. The molecule has 1 aromatic heterocycles. The topological polar surface area (TPSA) is 52.0 Å². The Hall–Kier alpha value is -1.13. The highest BCUT2D eigenvalue weighted by molar-refractivity contribution is 9.10. The SMILES string of the molecule is CC(N)Cc1coc(-c2cccc(Br)c2)n1. The van der Waals surface area contributed by atoms with E-state index < -0.39 is 0 Å². The monoisotopic (exact) mass is 280 g/mol. The molecule has 1 aromatic carbocycles. The molecule has 1 unspecified atom stereocenters. The molecule has 1 atom stereocenters. The van der Waals surface area contributed by atoms with Crippen molar-refractivity contribution in [3.63, 3.8) is 0 Å². The van der Waals surface area contributed by atoms with Crippen molar-refractivity contribution in [2.45, 2.75) is 19.4 Å². The van der Waals surface area contributed by atoms with Crippen LogP contribution in [-0.4, -0.2) is 11.0 Å². The van der Waals surface area contributed by atoms with Crippen molar-refractivity contribution in [1.82, 2.24) is 4.98 Å². The third kappa shape index (κ3) is 2.71. The summed E-state index contributed by atoms with van der Waals surface area (Å²) in [6.45, 7) is 1.95. The van der Waals surface area contributed by atoms with Crippen LogP contribution in [0.1, 0.15) is 12.6 Å². The van der Waals surface area contributed by atoms with Crippen molar-refractivity contribution in [1.29, 1.82) is 0 Å². The Bertz CT molecular complexity index is 479. The number of rotatable bonds is 3. The van der Waals surface area contributed by atoms with Crippen LogP contribution in [0.4, 0.5) is 0 Å². The molecule has 0 aliphatic carbocycles. The molecule has 0 bridgehead atoms. The lowest BCUT2D eigenvalue weighted by Gasteiger charge is -1.98. The smallest absolute Gasteiger partial charge is 0.226 e. The Kier molecular flexibility index (Phi) is 3.41. The minimum atomic E-state index is 0.0976. The van der Waals surface area contributed by atoms with Gasteiger partial charge in [0.05, 0.1) is 5.69 Å². The van der Waals surface area contributed by atoms with Crippen LogP contribution in [0, 0.1) is 0 Å². The summed E-state index contributed by atoms with van der Waals surface area (Å²) in [5, 5.41) is 0. The zero-order valence-corrected chi connectivity index (χ0v) is 10.6. The summed E-state index contributed by atoms with van der Waals surface area (Å²) in [4.78, 5) is 4.39. The summed E-state index contributed by atoms with van der Waals surface area (Å²) in [6, 6.07) is 7.96. The lowest BCUT2D eigenvalue weighted by molar-refractivity contribution is 0.571. The molecular formula is C12H13BrN2O. The van der Waals surface area contributed by atoms with Crippen LogP contribution in [0.2, 0.25) is 0 Å². The molecule has 16 heavy (non-hydrogen) atoms. The van der Waals surface area contributed by atoms with Gasteiger partial charge in [0.2, 0.25) is 5.89 Å². The minimum Gasteiger partial charge on any atom is -0.444 e. The summed E-state index contributed by atoms with van der Waals surface area (Å²) in [5.74, 6) is 0.636. The summed E-state index contributed by atoms with van der Waals surface area (Å²) < 4.78 is 6.43. The maximum atomic E-state index is 5.71. The largest absolute Gasteiger partial charge is 0.444 e. The highest BCUT2D eigenvalue weighted by Gasteiger charge is 2.08. The molecule has 0 aliphatic rings. The van der Waals surface area contributed by atoms with Gasteiger partial charge in [-0.1, -0.05) is 22.0 Å². The number of halogens is 1. The quantitative estimate of drug-likeness (QED) is 0.940. The van der Waals surface area contributed by atoms with Crippen LogP contribution in [0.15, 0.2) is 39.4 Å². The van der Waals surface area contributed by atoms with Crippen molar-refractivity contribution >= 4 is 15.9 Å². The highest BCUT2D eigenvalue weighted by Crippen LogP contribution is 2.22. The molecule has 0 aliphatic heterocycles. The van der Waals surface area contributed by atoms with E-state index in [-0.39, 0.29) is 6.04 Å². The second-order valence-corrected chi connectivity index (χ2v) is 4.75. The molecule has 84 valence electrons. The van der Waals surface area contributed by atoms with Gasteiger partial charge in [0.1, 0.15) is 6.26 Å². The van der Waals surface area contributed by atoms with Gasteiger partial charge >= 0.3 is 0 Å². The highest BCUT2D eigenvalue weighted by atomic mass is 79.9. The lowest BCUT2D eigenvalue weighted by atomic mass is 10.2. The van der Waals surface area contributed by atoms with Crippen molar-refractivity contribution in [2.75, 3.05) is 0 Å². The van der Waals surface area contributed by atoms with E-state index in [0.717, 1.165) is 22.2 Å². The average molecular weight is 281 g/mol. The zero-order valence-electron chi connectivity index (χ0n) is 8.98. The van der Waals surface area contributed by atoms with Crippen LogP contribution in [0.3, 0.4) is 0 Å². The summed E-state index contributed by atoms with van der Waals surface area (Å²) in [6.07, 6.45) is 2.40. The minimum absolute atomic E-state index is 0.0976. The first kappa shape index (κ1) is 11.4. The second-order valence-electron chi connectivity index (χ2n) is 3.84. The molecule has 0 saturated carbocycles. The van der Waals surface area contributed by atoms with Gasteiger partial charge in [0, 0.05) is 22.5 Å². The number of nitrogens with zero attached hydrogens (tertiary/aromatic N) is 1. The van der Waals surface area contributed by atoms with Gasteiger partial charge in [0.15, 0.2) is 0 Å². The number of oxazole rings is 1. The molecule has 2 N–H and O–H groups in total. The van der Waals surface area contributed by atoms with Gasteiger partial charge in [-0.25, -0.2) is 4.98 Å². The van der Waals surface area contributed by atoms with Crippen molar-refractivity contribution in [3.8, 4) is 11.5 Å². The normalized spacial score (nSPS) is 12.7. The van der Waals surface area contributed by atoms with E-state index in [1.807, 2.05) is 31.2 Å². The first-order valence-corrected chi connectivity index (χ1v) is 5.90. The third-order valence-electron chi connectivity index (χ3n) is 2.15. The first-order chi connectivity index (χ1) is 7.65.